The Balaban J connectivity index is 2.26. The van der Waals surface area contributed by atoms with E-state index in [1.807, 2.05) is 20.8 Å². The van der Waals surface area contributed by atoms with Crippen molar-refractivity contribution in [2.75, 3.05) is 20.1 Å². The molecule has 0 N–H and O–H groups in total. The third kappa shape index (κ3) is 2.57. The van der Waals surface area contributed by atoms with Crippen LogP contribution in [0.1, 0.15) is 48.2 Å². The number of hydrogen-bond acceptors (Lipinski definition) is 4. The van der Waals surface area contributed by atoms with Crippen LogP contribution < -0.4 is 0 Å². The Morgan fingerprint density at radius 1 is 1.50 bits per heavy atom. The maximum Gasteiger partial charge on any atom is 0.0975 e. The van der Waals surface area contributed by atoms with Crippen LogP contribution in [0.3, 0.4) is 0 Å². The molecule has 98 valence electrons. The van der Waals surface area contributed by atoms with Crippen LogP contribution in [0.25, 0.3) is 0 Å². The Hall–Kier alpha value is -0.920. The number of likely N-dealkylation sites (tertiary alicyclic amines) is 1. The lowest BCUT2D eigenvalue weighted by atomic mass is 9.93. The fourth-order valence-electron chi connectivity index (χ4n) is 2.59. The summed E-state index contributed by atoms with van der Waals surface area (Å²) in [6.45, 7) is 8.27. The highest BCUT2D eigenvalue weighted by Crippen LogP contribution is 2.36. The van der Waals surface area contributed by atoms with Crippen LogP contribution in [-0.2, 0) is 5.41 Å². The molecule has 1 aliphatic heterocycles. The molecule has 0 radical (unpaired) electrons. The van der Waals surface area contributed by atoms with Crippen molar-refractivity contribution in [2.24, 2.45) is 0 Å². The molecule has 0 spiro atoms. The van der Waals surface area contributed by atoms with Gasteiger partial charge < -0.3 is 4.90 Å². The lowest BCUT2D eigenvalue weighted by molar-refractivity contribution is 0.250. The van der Waals surface area contributed by atoms with Crippen molar-refractivity contribution >= 4 is 11.3 Å². The summed E-state index contributed by atoms with van der Waals surface area (Å²) in [4.78, 5) is 8.23. The molecule has 0 bridgehead atoms. The third-order valence-corrected chi connectivity index (χ3v) is 5.28. The van der Waals surface area contributed by atoms with Gasteiger partial charge in [0, 0.05) is 17.3 Å². The standard InChI is InChI=1S/C14H21N3S/c1-10-12(14(2,3)9-15)18-13(16-10)11-6-5-7-17(4)8-11/h11H,5-8H2,1-4H3. The van der Waals surface area contributed by atoms with Crippen LogP contribution in [0, 0.1) is 18.3 Å². The molecule has 1 unspecified atom stereocenters. The summed E-state index contributed by atoms with van der Waals surface area (Å²) >= 11 is 1.74. The topological polar surface area (TPSA) is 39.9 Å². The number of nitriles is 1. The number of nitrogens with zero attached hydrogens (tertiary/aromatic N) is 3. The quantitative estimate of drug-likeness (QED) is 0.823. The van der Waals surface area contributed by atoms with Gasteiger partial charge in [-0.1, -0.05) is 0 Å². The fraction of sp³-hybridized carbons (Fsp3) is 0.714. The lowest BCUT2D eigenvalue weighted by Crippen LogP contribution is -2.30. The van der Waals surface area contributed by atoms with Gasteiger partial charge >= 0.3 is 0 Å². The molecule has 1 aromatic heterocycles. The van der Waals surface area contributed by atoms with Gasteiger partial charge in [-0.25, -0.2) is 4.98 Å². The second-order valence-electron chi connectivity index (χ2n) is 5.80. The van der Waals surface area contributed by atoms with Gasteiger partial charge in [0.25, 0.3) is 0 Å². The van der Waals surface area contributed by atoms with Crippen molar-refractivity contribution in [1.29, 1.82) is 5.26 Å². The predicted molar refractivity (Wildman–Crippen MR) is 75.0 cm³/mol. The minimum Gasteiger partial charge on any atom is -0.306 e. The third-order valence-electron chi connectivity index (χ3n) is 3.63. The van der Waals surface area contributed by atoms with E-state index in [2.05, 4.69) is 18.0 Å². The average molecular weight is 263 g/mol. The zero-order chi connectivity index (χ0) is 13.3. The number of likely N-dealkylation sites (N-methyl/N-ethyl adjacent to an activating group) is 1. The molecular formula is C14H21N3S. The van der Waals surface area contributed by atoms with Crippen LogP contribution in [0.2, 0.25) is 0 Å². The van der Waals surface area contributed by atoms with Gasteiger partial charge in [0.2, 0.25) is 0 Å². The predicted octanol–water partition coefficient (Wildman–Crippen LogP) is 3.06. The SMILES string of the molecule is Cc1nc(C2CCCN(C)C2)sc1C(C)(C)C#N. The Labute approximate surface area is 113 Å². The molecule has 4 heteroatoms. The van der Waals surface area contributed by atoms with E-state index >= 15 is 0 Å². The molecule has 0 saturated carbocycles. The van der Waals surface area contributed by atoms with Gasteiger partial charge in [0.05, 0.1) is 22.2 Å². The van der Waals surface area contributed by atoms with E-state index in [0.717, 1.165) is 17.1 Å². The largest absolute Gasteiger partial charge is 0.306 e. The zero-order valence-corrected chi connectivity index (χ0v) is 12.5. The number of aromatic nitrogens is 1. The van der Waals surface area contributed by atoms with E-state index in [9.17, 15) is 5.26 Å². The van der Waals surface area contributed by atoms with Crippen molar-refractivity contribution in [3.63, 3.8) is 0 Å². The summed E-state index contributed by atoms with van der Waals surface area (Å²) in [5.74, 6) is 0.552. The monoisotopic (exact) mass is 263 g/mol. The summed E-state index contributed by atoms with van der Waals surface area (Å²) in [6, 6.07) is 2.38. The molecule has 3 nitrogen and oxygen atoms in total. The van der Waals surface area contributed by atoms with Gasteiger partial charge in [-0.3, -0.25) is 0 Å². The van der Waals surface area contributed by atoms with E-state index < -0.39 is 5.41 Å². The normalized spacial score (nSPS) is 21.8. The van der Waals surface area contributed by atoms with E-state index in [1.165, 1.54) is 24.4 Å². The van der Waals surface area contributed by atoms with Crippen LogP contribution in [0.15, 0.2) is 0 Å². The summed E-state index contributed by atoms with van der Waals surface area (Å²) in [6.07, 6.45) is 2.47. The second kappa shape index (κ2) is 4.99. The summed E-state index contributed by atoms with van der Waals surface area (Å²) < 4.78 is 0. The maximum atomic E-state index is 9.25. The highest BCUT2D eigenvalue weighted by atomic mass is 32.1. The van der Waals surface area contributed by atoms with Crippen molar-refractivity contribution < 1.29 is 0 Å². The van der Waals surface area contributed by atoms with Crippen molar-refractivity contribution in [1.82, 2.24) is 9.88 Å². The molecule has 1 aliphatic rings. The van der Waals surface area contributed by atoms with Crippen LogP contribution in [-0.4, -0.2) is 30.0 Å². The first-order chi connectivity index (χ1) is 8.44. The molecular weight excluding hydrogens is 242 g/mol. The molecule has 2 heterocycles. The first-order valence-corrected chi connectivity index (χ1v) is 7.33. The van der Waals surface area contributed by atoms with Gasteiger partial charge in [-0.05, 0) is 47.2 Å². The molecule has 1 aromatic rings. The van der Waals surface area contributed by atoms with Crippen molar-refractivity contribution in [3.8, 4) is 6.07 Å². The molecule has 1 saturated heterocycles. The number of piperidine rings is 1. The average Bonchev–Trinajstić information content (AvgIpc) is 2.72. The highest BCUT2D eigenvalue weighted by Gasteiger charge is 2.29. The maximum absolute atomic E-state index is 9.25. The summed E-state index contributed by atoms with van der Waals surface area (Å²) in [5, 5.41) is 10.5. The highest BCUT2D eigenvalue weighted by molar-refractivity contribution is 7.12. The molecule has 18 heavy (non-hydrogen) atoms. The second-order valence-corrected chi connectivity index (χ2v) is 6.84. The van der Waals surface area contributed by atoms with Crippen molar-refractivity contribution in [3.05, 3.63) is 15.6 Å². The zero-order valence-electron chi connectivity index (χ0n) is 11.7. The first kappa shape index (κ1) is 13.5. The number of rotatable bonds is 2. The molecule has 0 aromatic carbocycles. The molecule has 0 amide bonds. The van der Waals surface area contributed by atoms with Gasteiger partial charge in [-0.2, -0.15) is 5.26 Å². The Kier molecular flexibility index (Phi) is 3.74. The van der Waals surface area contributed by atoms with Crippen LogP contribution in [0.5, 0.6) is 0 Å². The van der Waals surface area contributed by atoms with E-state index in [0.29, 0.717) is 5.92 Å². The van der Waals surface area contributed by atoms with Gasteiger partial charge in [-0.15, -0.1) is 11.3 Å². The molecule has 0 aliphatic carbocycles. The number of aryl methyl sites for hydroxylation is 1. The number of hydrogen-bond donors (Lipinski definition) is 0. The lowest BCUT2D eigenvalue weighted by Gasteiger charge is -2.28. The Bertz CT molecular complexity index is 470. The first-order valence-electron chi connectivity index (χ1n) is 6.51. The minimum atomic E-state index is -0.416. The van der Waals surface area contributed by atoms with E-state index in [4.69, 9.17) is 4.98 Å². The molecule has 1 atom stereocenters. The Morgan fingerprint density at radius 2 is 2.22 bits per heavy atom. The fourth-order valence-corrected chi connectivity index (χ4v) is 3.84. The van der Waals surface area contributed by atoms with Crippen LogP contribution in [0.4, 0.5) is 0 Å². The van der Waals surface area contributed by atoms with E-state index in [1.54, 1.807) is 11.3 Å². The Morgan fingerprint density at radius 3 is 2.83 bits per heavy atom. The minimum absolute atomic E-state index is 0.416. The van der Waals surface area contributed by atoms with Crippen molar-refractivity contribution in [2.45, 2.75) is 44.9 Å². The number of thiazole rings is 1. The summed E-state index contributed by atoms with van der Waals surface area (Å²) in [7, 11) is 2.17. The van der Waals surface area contributed by atoms with Gasteiger partial charge in [0.1, 0.15) is 0 Å². The molecule has 1 fully saturated rings. The molecule has 2 rings (SSSR count). The summed E-state index contributed by atoms with van der Waals surface area (Å²) in [5.41, 5.74) is 0.621. The van der Waals surface area contributed by atoms with E-state index in [-0.39, 0.29) is 0 Å². The van der Waals surface area contributed by atoms with Gasteiger partial charge in [0.15, 0.2) is 0 Å². The van der Waals surface area contributed by atoms with Crippen LogP contribution >= 0.6 is 11.3 Å². The smallest absolute Gasteiger partial charge is 0.0975 e.